The summed E-state index contributed by atoms with van der Waals surface area (Å²) in [6.45, 7) is 5.23. The number of halogens is 1. The average Bonchev–Trinajstić information content (AvgIpc) is 2.67. The summed E-state index contributed by atoms with van der Waals surface area (Å²) in [6.07, 6.45) is 2.74. The summed E-state index contributed by atoms with van der Waals surface area (Å²) in [5.74, 6) is -1.24. The van der Waals surface area contributed by atoms with E-state index in [-0.39, 0.29) is 24.4 Å². The molecule has 1 N–H and O–H groups in total. The van der Waals surface area contributed by atoms with Crippen LogP contribution in [-0.2, 0) is 13.8 Å². The summed E-state index contributed by atoms with van der Waals surface area (Å²) < 4.78 is 7.71. The number of carboxylic acid groups (broad SMARTS) is 1. The molecule has 0 radical (unpaired) electrons. The topological polar surface area (TPSA) is 70.1 Å². The third-order valence-corrected chi connectivity index (χ3v) is 5.79. The first-order valence-corrected chi connectivity index (χ1v) is 10.4. The number of rotatable bonds is 10. The van der Waals surface area contributed by atoms with E-state index in [2.05, 4.69) is 0 Å². The predicted octanol–water partition coefficient (Wildman–Crippen LogP) is 4.32. The van der Waals surface area contributed by atoms with Gasteiger partial charge in [0.1, 0.15) is 0 Å². The lowest BCUT2D eigenvalue weighted by molar-refractivity contribution is -0.140. The van der Waals surface area contributed by atoms with Crippen LogP contribution in [0.2, 0.25) is 5.02 Å². The second-order valence-electron chi connectivity index (χ2n) is 6.68. The normalized spacial score (nSPS) is 18.3. The van der Waals surface area contributed by atoms with Gasteiger partial charge in [0.2, 0.25) is 0 Å². The van der Waals surface area contributed by atoms with Crippen LogP contribution in [0.3, 0.4) is 0 Å². The van der Waals surface area contributed by atoms with Gasteiger partial charge in [-0.15, -0.1) is 0 Å². The summed E-state index contributed by atoms with van der Waals surface area (Å²) in [6, 6.07) is 7.10. The minimum Gasteiger partial charge on any atom is -0.481 e. The summed E-state index contributed by atoms with van der Waals surface area (Å²) in [5, 5.41) is 9.78. The van der Waals surface area contributed by atoms with Gasteiger partial charge in [-0.25, -0.2) is 4.31 Å². The Morgan fingerprint density at radius 3 is 2.64 bits per heavy atom. The van der Waals surface area contributed by atoms with E-state index in [0.717, 1.165) is 12.1 Å². The summed E-state index contributed by atoms with van der Waals surface area (Å²) in [4.78, 5) is 26.1. The molecule has 0 spiro atoms. The smallest absolute Gasteiger partial charge is 0.308 e. The lowest BCUT2D eigenvalue weighted by atomic mass is 9.92. The zero-order chi connectivity index (χ0) is 20.7. The highest BCUT2D eigenvalue weighted by Gasteiger charge is 2.36. The Kier molecular flexibility index (Phi) is 8.82. The molecule has 0 aromatic heterocycles. The molecule has 154 valence electrons. The number of carbonyl (C=O) groups excluding carboxylic acids is 1. The minimum atomic E-state index is -1.01. The van der Waals surface area contributed by atoms with Gasteiger partial charge in [0.15, 0.2) is 0 Å². The molecule has 1 aromatic rings. The fourth-order valence-electron chi connectivity index (χ4n) is 3.12. The number of carbonyl (C=O) groups is 2. The van der Waals surface area contributed by atoms with Crippen molar-refractivity contribution in [2.45, 2.75) is 45.2 Å². The van der Waals surface area contributed by atoms with Crippen LogP contribution in [0.1, 0.15) is 44.7 Å². The van der Waals surface area contributed by atoms with E-state index in [1.807, 2.05) is 37.3 Å². The summed E-state index contributed by atoms with van der Waals surface area (Å²) in [5.41, 5.74) is 1.30. The van der Waals surface area contributed by atoms with Crippen LogP contribution in [0.4, 0.5) is 0 Å². The largest absolute Gasteiger partial charge is 0.481 e. The van der Waals surface area contributed by atoms with Crippen molar-refractivity contribution in [3.63, 3.8) is 0 Å². The number of benzene rings is 1. The maximum absolute atomic E-state index is 13.2. The molecule has 28 heavy (non-hydrogen) atoms. The van der Waals surface area contributed by atoms with Gasteiger partial charge in [-0.05, 0) is 37.6 Å². The molecule has 1 aliphatic heterocycles. The van der Waals surface area contributed by atoms with E-state index in [1.165, 1.54) is 12.2 Å². The monoisotopic (exact) mass is 426 g/mol. The van der Waals surface area contributed by atoms with E-state index in [9.17, 15) is 9.59 Å². The van der Waals surface area contributed by atoms with Crippen molar-refractivity contribution in [1.82, 2.24) is 9.21 Å². The second kappa shape index (κ2) is 10.9. The molecule has 1 aliphatic rings. The van der Waals surface area contributed by atoms with Gasteiger partial charge in [-0.1, -0.05) is 43.7 Å². The molecule has 0 aliphatic carbocycles. The minimum absolute atomic E-state index is 0.163. The van der Waals surface area contributed by atoms with Crippen LogP contribution in [0.5, 0.6) is 0 Å². The Bertz CT molecular complexity index is 711. The maximum Gasteiger partial charge on any atom is 0.308 e. The quantitative estimate of drug-likeness (QED) is 0.443. The van der Waals surface area contributed by atoms with Crippen molar-refractivity contribution in [2.24, 2.45) is 0 Å². The van der Waals surface area contributed by atoms with Gasteiger partial charge >= 0.3 is 5.97 Å². The van der Waals surface area contributed by atoms with E-state index in [1.54, 1.807) is 23.1 Å². The number of hydrogen-bond donors (Lipinski definition) is 1. The van der Waals surface area contributed by atoms with Crippen LogP contribution < -0.4 is 0 Å². The lowest BCUT2D eigenvalue weighted by Crippen LogP contribution is -2.47. The van der Waals surface area contributed by atoms with Gasteiger partial charge in [0.25, 0.3) is 5.91 Å². The Balaban J connectivity index is 2.28. The van der Waals surface area contributed by atoms with E-state index < -0.39 is 5.97 Å². The lowest BCUT2D eigenvalue weighted by Gasteiger charge is -2.40. The molecule has 1 amide bonds. The molecular weight excluding hydrogens is 400 g/mol. The SMILES string of the molecule is CC[C@@H](COSN(C)CC)N1C(=O)C(CC(=O)O)=CCC1c1ccc(Cl)cc1. The second-order valence-corrected chi connectivity index (χ2v) is 8.13. The van der Waals surface area contributed by atoms with Crippen LogP contribution in [0.25, 0.3) is 0 Å². The summed E-state index contributed by atoms with van der Waals surface area (Å²) in [7, 11) is 1.93. The molecule has 2 rings (SSSR count). The van der Waals surface area contributed by atoms with Crippen molar-refractivity contribution in [3.05, 3.63) is 46.5 Å². The number of carboxylic acids is 1. The predicted molar refractivity (Wildman–Crippen MR) is 112 cm³/mol. The first-order chi connectivity index (χ1) is 13.4. The Morgan fingerprint density at radius 1 is 1.39 bits per heavy atom. The highest BCUT2D eigenvalue weighted by atomic mass is 35.5. The Morgan fingerprint density at radius 2 is 2.07 bits per heavy atom. The van der Waals surface area contributed by atoms with Crippen LogP contribution in [0.15, 0.2) is 35.9 Å². The van der Waals surface area contributed by atoms with Crippen molar-refractivity contribution in [3.8, 4) is 0 Å². The average molecular weight is 427 g/mol. The van der Waals surface area contributed by atoms with Crippen molar-refractivity contribution < 1.29 is 18.9 Å². The van der Waals surface area contributed by atoms with Gasteiger partial charge in [-0.3, -0.25) is 13.8 Å². The Labute approximate surface area is 175 Å². The number of hydrogen-bond acceptors (Lipinski definition) is 5. The van der Waals surface area contributed by atoms with E-state index in [0.29, 0.717) is 30.0 Å². The molecule has 2 atom stereocenters. The molecule has 1 aromatic carbocycles. The molecular formula is C20H27ClN2O4S. The number of nitrogens with zero attached hydrogens (tertiary/aromatic N) is 2. The fourth-order valence-corrected chi connectivity index (χ4v) is 3.75. The first-order valence-electron chi connectivity index (χ1n) is 9.37. The highest BCUT2D eigenvalue weighted by molar-refractivity contribution is 7.92. The van der Waals surface area contributed by atoms with Crippen LogP contribution in [0, 0.1) is 0 Å². The molecule has 0 fully saturated rings. The first kappa shape index (κ1) is 22.7. The van der Waals surface area contributed by atoms with Crippen molar-refractivity contribution in [2.75, 3.05) is 20.2 Å². The van der Waals surface area contributed by atoms with Gasteiger partial charge < -0.3 is 10.0 Å². The van der Waals surface area contributed by atoms with Gasteiger partial charge in [0.05, 0.1) is 37.3 Å². The molecule has 1 unspecified atom stereocenters. The van der Waals surface area contributed by atoms with Crippen LogP contribution >= 0.6 is 23.8 Å². The van der Waals surface area contributed by atoms with Gasteiger partial charge in [0, 0.05) is 17.1 Å². The molecule has 1 heterocycles. The molecule has 8 heteroatoms. The summed E-state index contributed by atoms with van der Waals surface area (Å²) >= 11 is 7.28. The van der Waals surface area contributed by atoms with Crippen molar-refractivity contribution in [1.29, 1.82) is 0 Å². The standard InChI is InChI=1S/C20H27ClN2O4S/c1-4-17(13-27-28-22(3)5-2)23-18(14-6-9-16(21)10-7-14)11-8-15(20(23)26)12-19(24)25/h6-10,17-18H,4-5,11-13H2,1-3H3,(H,24,25)/t17-,18?/m0/s1. The zero-order valence-corrected chi connectivity index (χ0v) is 18.0. The highest BCUT2D eigenvalue weighted by Crippen LogP contribution is 2.35. The van der Waals surface area contributed by atoms with E-state index in [4.69, 9.17) is 20.9 Å². The third kappa shape index (κ3) is 5.98. The maximum atomic E-state index is 13.2. The van der Waals surface area contributed by atoms with Crippen molar-refractivity contribution >= 4 is 35.7 Å². The zero-order valence-electron chi connectivity index (χ0n) is 16.4. The molecule has 0 saturated heterocycles. The Hall–Kier alpha value is -1.54. The van der Waals surface area contributed by atoms with Gasteiger partial charge in [-0.2, -0.15) is 0 Å². The fraction of sp³-hybridized carbons (Fsp3) is 0.500. The molecule has 0 bridgehead atoms. The third-order valence-electron chi connectivity index (χ3n) is 4.78. The number of amides is 1. The molecule has 6 nitrogen and oxygen atoms in total. The van der Waals surface area contributed by atoms with E-state index >= 15 is 0 Å². The molecule has 0 saturated carbocycles. The number of aliphatic carboxylic acids is 1. The van der Waals surface area contributed by atoms with Crippen LogP contribution in [-0.4, -0.2) is 52.4 Å².